The summed E-state index contributed by atoms with van der Waals surface area (Å²) in [6, 6.07) is 94.8. The van der Waals surface area contributed by atoms with Crippen LogP contribution in [0.4, 0.5) is 17.1 Å². The molecule has 11 aromatic carbocycles. The van der Waals surface area contributed by atoms with Crippen molar-refractivity contribution in [1.29, 1.82) is 0 Å². The van der Waals surface area contributed by atoms with Crippen LogP contribution in [-0.4, -0.2) is 0 Å². The van der Waals surface area contributed by atoms with Crippen LogP contribution < -0.4 is 4.90 Å². The molecule has 0 atom stereocenters. The van der Waals surface area contributed by atoms with Crippen LogP contribution in [0.2, 0.25) is 0 Å². The average Bonchev–Trinajstić information content (AvgIpc) is 3.94. The van der Waals surface area contributed by atoms with Crippen molar-refractivity contribution in [2.24, 2.45) is 0 Å². The molecule has 0 N–H and O–H groups in total. The zero-order valence-electron chi connectivity index (χ0n) is 36.7. The van der Waals surface area contributed by atoms with Crippen LogP contribution in [0, 0.1) is 0 Å². The van der Waals surface area contributed by atoms with Gasteiger partial charge in [-0.3, -0.25) is 0 Å². The van der Waals surface area contributed by atoms with Gasteiger partial charge < -0.3 is 9.32 Å². The van der Waals surface area contributed by atoms with E-state index in [0.29, 0.717) is 0 Å². The third kappa shape index (κ3) is 6.18. The van der Waals surface area contributed by atoms with Gasteiger partial charge in [0, 0.05) is 22.0 Å². The minimum absolute atomic E-state index is 0.531. The van der Waals surface area contributed by atoms with Gasteiger partial charge in [0.1, 0.15) is 5.58 Å². The number of fused-ring (bicyclic) bond motifs is 7. The lowest BCUT2D eigenvalue weighted by Crippen LogP contribution is -2.28. The highest BCUT2D eigenvalue weighted by Crippen LogP contribution is 2.60. The lowest BCUT2D eigenvalue weighted by Gasteiger charge is -2.34. The third-order valence-electron chi connectivity index (χ3n) is 14.0. The maximum Gasteiger partial charge on any atom is 0.159 e. The Morgan fingerprint density at radius 2 is 0.791 bits per heavy atom. The first kappa shape index (κ1) is 38.7. The summed E-state index contributed by atoms with van der Waals surface area (Å²) in [5.74, 6) is 0. The van der Waals surface area contributed by atoms with E-state index >= 15 is 0 Å². The molecular formula is C65H43NO. The van der Waals surface area contributed by atoms with E-state index in [1.165, 1.54) is 72.0 Å². The van der Waals surface area contributed by atoms with Gasteiger partial charge in [-0.15, -0.1) is 0 Å². The van der Waals surface area contributed by atoms with E-state index in [1.54, 1.807) is 0 Å². The highest BCUT2D eigenvalue weighted by atomic mass is 16.3. The number of hydrogen-bond acceptors (Lipinski definition) is 2. The van der Waals surface area contributed by atoms with Crippen LogP contribution in [0.25, 0.3) is 77.2 Å². The second-order valence-electron chi connectivity index (χ2n) is 17.5. The van der Waals surface area contributed by atoms with Crippen LogP contribution in [-0.2, 0) is 5.41 Å². The van der Waals surface area contributed by atoms with E-state index in [2.05, 4.69) is 260 Å². The Morgan fingerprint density at radius 1 is 0.313 bits per heavy atom. The lowest BCUT2D eigenvalue weighted by atomic mass is 9.68. The highest BCUT2D eigenvalue weighted by Gasteiger charge is 2.47. The zero-order chi connectivity index (χ0) is 44.3. The Morgan fingerprint density at radius 3 is 1.49 bits per heavy atom. The SMILES string of the molecule is c1ccc(C2(c3ccccc3)c3ccccc3-c3c(N(c4ccc(-c5ccc(-c6ccc(-c7cccc8ccccc78)cc6)cc5)cc4)c4cccc5c4oc4ccccc45)cccc32)cc1. The van der Waals surface area contributed by atoms with Gasteiger partial charge in [-0.2, -0.15) is 0 Å². The van der Waals surface area contributed by atoms with Crippen LogP contribution in [0.5, 0.6) is 0 Å². The number of hydrogen-bond donors (Lipinski definition) is 0. The maximum absolute atomic E-state index is 6.82. The first-order chi connectivity index (χ1) is 33.2. The molecule has 314 valence electrons. The Balaban J connectivity index is 0.931. The average molecular weight is 854 g/mol. The van der Waals surface area contributed by atoms with Crippen molar-refractivity contribution in [2.75, 3.05) is 4.90 Å². The standard InChI is InChI=1S/C65H43NO/c1-3-18-50(19-4-1)65(51-20-5-2-6-21-51)58-27-11-9-24-57(58)63-59(65)28-15-29-60(63)66(61-30-14-26-56-55-23-10-12-31-62(55)67-64(56)61)52-42-40-47(41-43-52)45-34-32-44(33-35-45)46-36-38-49(39-37-46)54-25-13-17-48-16-7-8-22-53(48)54/h1-43H. The predicted octanol–water partition coefficient (Wildman–Crippen LogP) is 17.6. The fraction of sp³-hybridized carbons (Fsp3) is 0.0154. The van der Waals surface area contributed by atoms with Crippen LogP contribution >= 0.6 is 0 Å². The van der Waals surface area contributed by atoms with E-state index in [4.69, 9.17) is 4.42 Å². The van der Waals surface area contributed by atoms with Gasteiger partial charge in [0.2, 0.25) is 0 Å². The monoisotopic (exact) mass is 853 g/mol. The number of rotatable bonds is 8. The molecule has 0 unspecified atom stereocenters. The van der Waals surface area contributed by atoms with Crippen molar-refractivity contribution in [2.45, 2.75) is 5.41 Å². The predicted molar refractivity (Wildman–Crippen MR) is 280 cm³/mol. The minimum atomic E-state index is -0.531. The summed E-state index contributed by atoms with van der Waals surface area (Å²) < 4.78 is 6.82. The molecule has 1 aliphatic rings. The van der Waals surface area contributed by atoms with Crippen molar-refractivity contribution in [3.05, 3.63) is 283 Å². The van der Waals surface area contributed by atoms with Crippen molar-refractivity contribution in [3.63, 3.8) is 0 Å². The van der Waals surface area contributed by atoms with Crippen LogP contribution in [0.3, 0.4) is 0 Å². The van der Waals surface area contributed by atoms with E-state index in [9.17, 15) is 0 Å². The molecule has 2 nitrogen and oxygen atoms in total. The fourth-order valence-corrected chi connectivity index (χ4v) is 11.0. The first-order valence-corrected chi connectivity index (χ1v) is 23.1. The Bertz CT molecular complexity index is 3730. The molecule has 1 heterocycles. The molecule has 0 spiro atoms. The number of furan rings is 1. The molecular weight excluding hydrogens is 811 g/mol. The van der Waals surface area contributed by atoms with E-state index in [0.717, 1.165) is 44.6 Å². The molecule has 0 amide bonds. The number of nitrogens with zero attached hydrogens (tertiary/aromatic N) is 1. The Labute approximate surface area is 390 Å². The van der Waals surface area contributed by atoms with Crippen molar-refractivity contribution in [1.82, 2.24) is 0 Å². The molecule has 1 aliphatic carbocycles. The van der Waals surface area contributed by atoms with E-state index < -0.39 is 5.41 Å². The molecule has 1 aromatic heterocycles. The molecule has 13 rings (SSSR count). The van der Waals surface area contributed by atoms with Crippen LogP contribution in [0.1, 0.15) is 22.3 Å². The summed E-state index contributed by atoms with van der Waals surface area (Å²) in [6.45, 7) is 0. The smallest absolute Gasteiger partial charge is 0.159 e. The van der Waals surface area contributed by atoms with Gasteiger partial charge in [0.05, 0.1) is 16.8 Å². The second kappa shape index (κ2) is 15.8. The van der Waals surface area contributed by atoms with Gasteiger partial charge in [0.25, 0.3) is 0 Å². The Hall–Kier alpha value is -8.72. The third-order valence-corrected chi connectivity index (χ3v) is 14.0. The highest BCUT2D eigenvalue weighted by molar-refractivity contribution is 6.11. The summed E-state index contributed by atoms with van der Waals surface area (Å²) >= 11 is 0. The van der Waals surface area contributed by atoms with Gasteiger partial charge in [-0.1, -0.05) is 231 Å². The summed E-state index contributed by atoms with van der Waals surface area (Å²) in [4.78, 5) is 2.42. The van der Waals surface area contributed by atoms with Crippen LogP contribution in [0.15, 0.2) is 265 Å². The van der Waals surface area contributed by atoms with Crippen molar-refractivity contribution >= 4 is 49.8 Å². The van der Waals surface area contributed by atoms with E-state index in [1.807, 2.05) is 6.07 Å². The molecule has 0 bridgehead atoms. The quantitative estimate of drug-likeness (QED) is 0.151. The minimum Gasteiger partial charge on any atom is -0.454 e. The molecule has 0 fully saturated rings. The molecule has 0 aliphatic heterocycles. The van der Waals surface area contributed by atoms with Crippen molar-refractivity contribution < 1.29 is 4.42 Å². The normalized spacial score (nSPS) is 12.6. The second-order valence-corrected chi connectivity index (χ2v) is 17.5. The summed E-state index contributed by atoms with van der Waals surface area (Å²) in [5, 5.41) is 4.73. The van der Waals surface area contributed by atoms with E-state index in [-0.39, 0.29) is 0 Å². The summed E-state index contributed by atoms with van der Waals surface area (Å²) in [5.41, 5.74) is 18.9. The summed E-state index contributed by atoms with van der Waals surface area (Å²) in [7, 11) is 0. The molecule has 0 saturated carbocycles. The topological polar surface area (TPSA) is 16.4 Å². The molecule has 12 aromatic rings. The first-order valence-electron chi connectivity index (χ1n) is 23.1. The van der Waals surface area contributed by atoms with Gasteiger partial charge in [0.15, 0.2) is 5.58 Å². The van der Waals surface area contributed by atoms with Gasteiger partial charge in [-0.25, -0.2) is 0 Å². The van der Waals surface area contributed by atoms with Gasteiger partial charge >= 0.3 is 0 Å². The number of benzene rings is 11. The Kier molecular flexibility index (Phi) is 9.11. The zero-order valence-corrected chi connectivity index (χ0v) is 36.7. The molecule has 2 heteroatoms. The largest absolute Gasteiger partial charge is 0.454 e. The van der Waals surface area contributed by atoms with Gasteiger partial charge in [-0.05, 0) is 102 Å². The number of para-hydroxylation sites is 2. The molecule has 67 heavy (non-hydrogen) atoms. The fourth-order valence-electron chi connectivity index (χ4n) is 11.0. The maximum atomic E-state index is 6.82. The number of anilines is 3. The lowest BCUT2D eigenvalue weighted by molar-refractivity contribution is 0.669. The van der Waals surface area contributed by atoms with Crippen molar-refractivity contribution in [3.8, 4) is 44.5 Å². The molecule has 0 saturated heterocycles. The summed E-state index contributed by atoms with van der Waals surface area (Å²) in [6.07, 6.45) is 0. The molecule has 0 radical (unpaired) electrons.